The van der Waals surface area contributed by atoms with Crippen LogP contribution in [-0.4, -0.2) is 12.9 Å². The summed E-state index contributed by atoms with van der Waals surface area (Å²) < 4.78 is 5.61. The third-order valence-electron chi connectivity index (χ3n) is 2.36. The third-order valence-corrected chi connectivity index (χ3v) is 3.16. The molecule has 0 spiro atoms. The zero-order valence-electron chi connectivity index (χ0n) is 8.99. The Balaban J connectivity index is 2.66. The minimum atomic E-state index is 0.711. The topological polar surface area (TPSA) is 9.23 Å². The van der Waals surface area contributed by atoms with Gasteiger partial charge in [0.2, 0.25) is 0 Å². The van der Waals surface area contributed by atoms with Gasteiger partial charge in [0.15, 0.2) is 0 Å². The van der Waals surface area contributed by atoms with Gasteiger partial charge in [-0.3, -0.25) is 0 Å². The van der Waals surface area contributed by atoms with Crippen LogP contribution < -0.4 is 4.74 Å². The maximum atomic E-state index is 5.61. The highest BCUT2D eigenvalue weighted by molar-refractivity contribution is 7.98. The molecule has 1 nitrogen and oxygen atoms in total. The molecule has 2 heteroatoms. The molecule has 0 saturated carbocycles. The van der Waals surface area contributed by atoms with Crippen LogP contribution in [0.5, 0.6) is 5.75 Å². The Kier molecular flexibility index (Phi) is 3.17. The highest BCUT2D eigenvalue weighted by Gasteiger charge is 2.04. The van der Waals surface area contributed by atoms with Gasteiger partial charge < -0.3 is 4.74 Å². The van der Waals surface area contributed by atoms with E-state index in [1.165, 1.54) is 15.7 Å². The Morgan fingerprint density at radius 2 is 1.80 bits per heavy atom. The highest BCUT2D eigenvalue weighted by atomic mass is 32.2. The maximum absolute atomic E-state index is 5.61. The number of thioether (sulfide) groups is 1. The van der Waals surface area contributed by atoms with Crippen molar-refractivity contribution in [2.75, 3.05) is 12.9 Å². The summed E-state index contributed by atoms with van der Waals surface area (Å²) in [5.41, 5.74) is 0. The number of ether oxygens (including phenoxy) is 1. The van der Waals surface area contributed by atoms with Crippen molar-refractivity contribution >= 4 is 22.5 Å². The second kappa shape index (κ2) is 4.58. The van der Waals surface area contributed by atoms with Crippen molar-refractivity contribution in [3.63, 3.8) is 0 Å². The summed E-state index contributed by atoms with van der Waals surface area (Å²) in [6.07, 6.45) is 2.10. The number of rotatable bonds is 3. The zero-order valence-corrected chi connectivity index (χ0v) is 9.80. The van der Waals surface area contributed by atoms with Crippen LogP contribution in [-0.2, 0) is 0 Å². The molecular formula is C13H14OS. The van der Waals surface area contributed by atoms with Crippen LogP contribution in [0.25, 0.3) is 10.8 Å². The van der Waals surface area contributed by atoms with Crippen molar-refractivity contribution in [2.24, 2.45) is 0 Å². The Hall–Kier alpha value is -1.15. The summed E-state index contributed by atoms with van der Waals surface area (Å²) >= 11 is 1.77. The molecule has 0 saturated heterocycles. The Labute approximate surface area is 94.4 Å². The molecule has 0 atom stereocenters. The molecule has 0 radical (unpaired) electrons. The molecular weight excluding hydrogens is 204 g/mol. The average Bonchev–Trinajstić information content (AvgIpc) is 2.30. The number of fused-ring (bicyclic) bond motifs is 1. The molecule has 0 fully saturated rings. The molecule has 0 N–H and O–H groups in total. The fourth-order valence-corrected chi connectivity index (χ4v) is 2.31. The van der Waals surface area contributed by atoms with Crippen molar-refractivity contribution in [1.29, 1.82) is 0 Å². The smallest absolute Gasteiger partial charge is 0.127 e. The number of benzene rings is 2. The molecule has 0 aliphatic rings. The van der Waals surface area contributed by atoms with Crippen LogP contribution in [0.1, 0.15) is 6.92 Å². The average molecular weight is 218 g/mol. The van der Waals surface area contributed by atoms with Gasteiger partial charge in [-0.05, 0) is 30.7 Å². The first kappa shape index (κ1) is 10.4. The summed E-state index contributed by atoms with van der Waals surface area (Å²) in [7, 11) is 0. The van der Waals surface area contributed by atoms with E-state index in [4.69, 9.17) is 4.74 Å². The molecule has 2 rings (SSSR count). The van der Waals surface area contributed by atoms with Gasteiger partial charge in [0.1, 0.15) is 5.75 Å². The van der Waals surface area contributed by atoms with Gasteiger partial charge in [0.25, 0.3) is 0 Å². The van der Waals surface area contributed by atoms with Gasteiger partial charge in [-0.15, -0.1) is 11.8 Å². The second-order valence-electron chi connectivity index (χ2n) is 3.24. The molecule has 2 aromatic rings. The minimum Gasteiger partial charge on any atom is -0.493 e. The largest absolute Gasteiger partial charge is 0.493 e. The fraction of sp³-hybridized carbons (Fsp3) is 0.231. The van der Waals surface area contributed by atoms with Crippen LogP contribution in [0.15, 0.2) is 41.3 Å². The number of hydrogen-bond donors (Lipinski definition) is 0. The van der Waals surface area contributed by atoms with Crippen LogP contribution in [0.4, 0.5) is 0 Å². The standard InChI is InChI=1S/C13H14OS/c1-3-14-12-8-9-13(15-2)11-7-5-4-6-10(11)12/h4-9H,3H2,1-2H3. The van der Waals surface area contributed by atoms with E-state index in [0.29, 0.717) is 6.61 Å². The summed E-state index contributed by atoms with van der Waals surface area (Å²) in [5.74, 6) is 0.978. The van der Waals surface area contributed by atoms with Crippen molar-refractivity contribution in [3.8, 4) is 5.75 Å². The Bertz CT molecular complexity index is 465. The first-order chi connectivity index (χ1) is 7.36. The van der Waals surface area contributed by atoms with E-state index in [1.807, 2.05) is 6.92 Å². The summed E-state index contributed by atoms with van der Waals surface area (Å²) in [6, 6.07) is 12.5. The van der Waals surface area contributed by atoms with Crippen LogP contribution in [0, 0.1) is 0 Å². The van der Waals surface area contributed by atoms with Gasteiger partial charge in [0, 0.05) is 10.3 Å². The third kappa shape index (κ3) is 1.95. The lowest BCUT2D eigenvalue weighted by Gasteiger charge is -2.09. The fourth-order valence-electron chi connectivity index (χ4n) is 1.70. The molecule has 0 aliphatic carbocycles. The monoisotopic (exact) mass is 218 g/mol. The molecule has 78 valence electrons. The van der Waals surface area contributed by atoms with Gasteiger partial charge in [-0.2, -0.15) is 0 Å². The van der Waals surface area contributed by atoms with Gasteiger partial charge in [-0.25, -0.2) is 0 Å². The van der Waals surface area contributed by atoms with Crippen molar-refractivity contribution in [1.82, 2.24) is 0 Å². The molecule has 0 heterocycles. The SMILES string of the molecule is CCOc1ccc(SC)c2ccccc12. The Morgan fingerprint density at radius 1 is 1.07 bits per heavy atom. The van der Waals surface area contributed by atoms with Crippen molar-refractivity contribution in [3.05, 3.63) is 36.4 Å². The quantitative estimate of drug-likeness (QED) is 0.721. The van der Waals surface area contributed by atoms with Crippen LogP contribution in [0.3, 0.4) is 0 Å². The summed E-state index contributed by atoms with van der Waals surface area (Å²) in [5, 5.41) is 2.47. The van der Waals surface area contributed by atoms with Gasteiger partial charge in [-0.1, -0.05) is 24.3 Å². The van der Waals surface area contributed by atoms with Crippen LogP contribution >= 0.6 is 11.8 Å². The molecule has 0 aromatic heterocycles. The Morgan fingerprint density at radius 3 is 2.47 bits per heavy atom. The van der Waals surface area contributed by atoms with E-state index in [0.717, 1.165) is 5.75 Å². The maximum Gasteiger partial charge on any atom is 0.127 e. The highest BCUT2D eigenvalue weighted by Crippen LogP contribution is 2.32. The zero-order chi connectivity index (χ0) is 10.7. The molecule has 2 aromatic carbocycles. The predicted molar refractivity (Wildman–Crippen MR) is 66.9 cm³/mol. The first-order valence-electron chi connectivity index (χ1n) is 5.05. The van der Waals surface area contributed by atoms with Crippen molar-refractivity contribution in [2.45, 2.75) is 11.8 Å². The lowest BCUT2D eigenvalue weighted by molar-refractivity contribution is 0.344. The molecule has 0 unspecified atom stereocenters. The van der Waals surface area contributed by atoms with Gasteiger partial charge in [0.05, 0.1) is 6.61 Å². The van der Waals surface area contributed by atoms with E-state index in [-0.39, 0.29) is 0 Å². The van der Waals surface area contributed by atoms with E-state index in [2.05, 4.69) is 42.7 Å². The summed E-state index contributed by atoms with van der Waals surface area (Å²) in [6.45, 7) is 2.72. The first-order valence-corrected chi connectivity index (χ1v) is 6.28. The lowest BCUT2D eigenvalue weighted by atomic mass is 10.1. The molecule has 0 aliphatic heterocycles. The van der Waals surface area contributed by atoms with E-state index in [9.17, 15) is 0 Å². The predicted octanol–water partition coefficient (Wildman–Crippen LogP) is 3.96. The molecule has 0 bridgehead atoms. The molecule has 0 amide bonds. The summed E-state index contributed by atoms with van der Waals surface area (Å²) in [4.78, 5) is 1.30. The van der Waals surface area contributed by atoms with E-state index in [1.54, 1.807) is 11.8 Å². The second-order valence-corrected chi connectivity index (χ2v) is 4.09. The molecule has 15 heavy (non-hydrogen) atoms. The van der Waals surface area contributed by atoms with Gasteiger partial charge >= 0.3 is 0 Å². The van der Waals surface area contributed by atoms with E-state index >= 15 is 0 Å². The normalized spacial score (nSPS) is 10.5. The van der Waals surface area contributed by atoms with E-state index < -0.39 is 0 Å². The van der Waals surface area contributed by atoms with Crippen LogP contribution in [0.2, 0.25) is 0 Å². The van der Waals surface area contributed by atoms with Crippen molar-refractivity contribution < 1.29 is 4.74 Å². The lowest BCUT2D eigenvalue weighted by Crippen LogP contribution is -1.92. The minimum absolute atomic E-state index is 0.711. The number of hydrogen-bond acceptors (Lipinski definition) is 2.